The summed E-state index contributed by atoms with van der Waals surface area (Å²) in [7, 11) is 2.16. The van der Waals surface area contributed by atoms with Crippen molar-refractivity contribution in [3.63, 3.8) is 0 Å². The Morgan fingerprint density at radius 2 is 1.91 bits per heavy atom. The van der Waals surface area contributed by atoms with E-state index in [0.717, 1.165) is 51.4 Å². The lowest BCUT2D eigenvalue weighted by Crippen LogP contribution is -2.44. The second-order valence-corrected chi connectivity index (χ2v) is 6.46. The van der Waals surface area contributed by atoms with Gasteiger partial charge in [0.15, 0.2) is 0 Å². The highest BCUT2D eigenvalue weighted by molar-refractivity contribution is 5.74. The normalized spacial score (nSPS) is 23.6. The lowest BCUT2D eigenvalue weighted by molar-refractivity contribution is -0.132. The number of hydrogen-bond acceptors (Lipinski definition) is 4. The number of amides is 1. The van der Waals surface area contributed by atoms with E-state index in [-0.39, 0.29) is 11.9 Å². The van der Waals surface area contributed by atoms with Crippen molar-refractivity contribution in [2.24, 2.45) is 0 Å². The van der Waals surface area contributed by atoms with Crippen LogP contribution < -0.4 is 4.90 Å². The first-order chi connectivity index (χ1) is 10.6. The monoisotopic (exact) mass is 302 g/mol. The van der Waals surface area contributed by atoms with Gasteiger partial charge in [-0.15, -0.1) is 0 Å². The Bertz CT molecular complexity index is 508. The van der Waals surface area contributed by atoms with Gasteiger partial charge in [0.2, 0.25) is 5.91 Å². The fraction of sp³-hybridized carbons (Fsp3) is 0.647. The Morgan fingerprint density at radius 3 is 2.55 bits per heavy atom. The molecular formula is C17H26N4O. The smallest absolute Gasteiger partial charge is 0.219 e. The summed E-state index contributed by atoms with van der Waals surface area (Å²) in [6.45, 7) is 6.79. The second kappa shape index (κ2) is 6.65. The van der Waals surface area contributed by atoms with E-state index in [4.69, 9.17) is 0 Å². The number of hydrogen-bond donors (Lipinski definition) is 0. The van der Waals surface area contributed by atoms with Crippen LogP contribution in [0.1, 0.15) is 37.8 Å². The predicted molar refractivity (Wildman–Crippen MR) is 87.9 cm³/mol. The van der Waals surface area contributed by atoms with E-state index in [1.165, 1.54) is 12.0 Å². The molecule has 2 aliphatic rings. The zero-order valence-corrected chi connectivity index (χ0v) is 13.7. The number of piperidine rings is 1. The Kier molecular flexibility index (Phi) is 4.62. The Balaban J connectivity index is 1.71. The molecule has 1 atom stereocenters. The molecule has 22 heavy (non-hydrogen) atoms. The quantitative estimate of drug-likeness (QED) is 0.836. The molecule has 0 aromatic carbocycles. The van der Waals surface area contributed by atoms with Crippen LogP contribution in [0.2, 0.25) is 0 Å². The fourth-order valence-corrected chi connectivity index (χ4v) is 3.47. The maximum atomic E-state index is 11.8. The molecule has 2 fully saturated rings. The number of aromatic nitrogens is 1. The van der Waals surface area contributed by atoms with Crippen LogP contribution in [0, 0.1) is 0 Å². The van der Waals surface area contributed by atoms with Crippen LogP contribution in [0.3, 0.4) is 0 Å². The van der Waals surface area contributed by atoms with Crippen LogP contribution in [0.4, 0.5) is 5.82 Å². The molecule has 0 spiro atoms. The topological polar surface area (TPSA) is 39.7 Å². The molecule has 1 amide bonds. The van der Waals surface area contributed by atoms with Gasteiger partial charge in [0.05, 0.1) is 6.04 Å². The molecule has 2 saturated heterocycles. The minimum absolute atomic E-state index is 0.174. The molecule has 0 N–H and O–H groups in total. The first kappa shape index (κ1) is 15.3. The Labute approximate surface area is 132 Å². The number of carbonyl (C=O) groups is 1. The van der Waals surface area contributed by atoms with Crippen molar-refractivity contribution >= 4 is 11.7 Å². The molecule has 120 valence electrons. The summed E-state index contributed by atoms with van der Waals surface area (Å²) in [6.07, 6.45) is 5.33. The first-order valence-electron chi connectivity index (χ1n) is 8.32. The van der Waals surface area contributed by atoms with Gasteiger partial charge >= 0.3 is 0 Å². The van der Waals surface area contributed by atoms with Crippen LogP contribution in [0.5, 0.6) is 0 Å². The van der Waals surface area contributed by atoms with Gasteiger partial charge in [-0.3, -0.25) is 4.79 Å². The lowest BCUT2D eigenvalue weighted by atomic mass is 9.96. The molecule has 5 nitrogen and oxygen atoms in total. The number of piperazine rings is 1. The number of carbonyl (C=O) groups excluding carboxylic acids is 1. The van der Waals surface area contributed by atoms with Gasteiger partial charge in [0.1, 0.15) is 5.82 Å². The average molecular weight is 302 g/mol. The zero-order chi connectivity index (χ0) is 15.5. The van der Waals surface area contributed by atoms with E-state index in [1.807, 2.05) is 11.1 Å². The van der Waals surface area contributed by atoms with Crippen LogP contribution >= 0.6 is 0 Å². The number of anilines is 1. The molecule has 1 aromatic rings. The number of rotatable bonds is 2. The van der Waals surface area contributed by atoms with E-state index < -0.39 is 0 Å². The summed E-state index contributed by atoms with van der Waals surface area (Å²) < 4.78 is 0. The van der Waals surface area contributed by atoms with Gasteiger partial charge in [-0.05, 0) is 37.9 Å². The largest absolute Gasteiger partial charge is 0.354 e. The van der Waals surface area contributed by atoms with Crippen LogP contribution in [-0.4, -0.2) is 60.5 Å². The minimum Gasteiger partial charge on any atom is -0.354 e. The molecular weight excluding hydrogens is 276 g/mol. The molecule has 0 unspecified atom stereocenters. The van der Waals surface area contributed by atoms with Crippen molar-refractivity contribution in [2.45, 2.75) is 32.2 Å². The SMILES string of the molecule is CC(=O)N1CCCC[C@H]1c1ccc(N2CCN(C)CC2)nc1. The third-order valence-corrected chi connectivity index (χ3v) is 4.89. The van der Waals surface area contributed by atoms with Gasteiger partial charge < -0.3 is 14.7 Å². The average Bonchev–Trinajstić information content (AvgIpc) is 2.56. The van der Waals surface area contributed by atoms with E-state index >= 15 is 0 Å². The standard InChI is InChI=1S/C17H26N4O/c1-14(22)21-8-4-3-5-16(21)15-6-7-17(18-13-15)20-11-9-19(2)10-12-20/h6-7,13,16H,3-5,8-12H2,1-2H3/t16-/m0/s1. The summed E-state index contributed by atoms with van der Waals surface area (Å²) >= 11 is 0. The van der Waals surface area contributed by atoms with Crippen molar-refractivity contribution in [2.75, 3.05) is 44.7 Å². The second-order valence-electron chi connectivity index (χ2n) is 6.46. The summed E-state index contributed by atoms with van der Waals surface area (Å²) in [4.78, 5) is 23.2. The van der Waals surface area contributed by atoms with Gasteiger partial charge in [-0.2, -0.15) is 0 Å². The van der Waals surface area contributed by atoms with E-state index in [2.05, 4.69) is 34.0 Å². The minimum atomic E-state index is 0.174. The van der Waals surface area contributed by atoms with Crippen LogP contribution in [0.15, 0.2) is 18.3 Å². The molecule has 0 bridgehead atoms. The molecule has 3 rings (SSSR count). The van der Waals surface area contributed by atoms with Crippen molar-refractivity contribution < 1.29 is 4.79 Å². The Morgan fingerprint density at radius 1 is 1.14 bits per heavy atom. The third kappa shape index (κ3) is 3.24. The number of likely N-dealkylation sites (N-methyl/N-ethyl adjacent to an activating group) is 1. The molecule has 2 aliphatic heterocycles. The highest BCUT2D eigenvalue weighted by atomic mass is 16.2. The van der Waals surface area contributed by atoms with Crippen LogP contribution in [-0.2, 0) is 4.79 Å². The molecule has 5 heteroatoms. The van der Waals surface area contributed by atoms with Gasteiger partial charge in [-0.25, -0.2) is 4.98 Å². The van der Waals surface area contributed by atoms with Crippen molar-refractivity contribution in [1.82, 2.24) is 14.8 Å². The fourth-order valence-electron chi connectivity index (χ4n) is 3.47. The first-order valence-corrected chi connectivity index (χ1v) is 8.32. The molecule has 0 aliphatic carbocycles. The summed E-state index contributed by atoms with van der Waals surface area (Å²) in [5.74, 6) is 1.23. The molecule has 0 radical (unpaired) electrons. The van der Waals surface area contributed by atoms with Crippen molar-refractivity contribution in [1.29, 1.82) is 0 Å². The zero-order valence-electron chi connectivity index (χ0n) is 13.7. The molecule has 1 aromatic heterocycles. The van der Waals surface area contributed by atoms with Gasteiger partial charge in [-0.1, -0.05) is 6.07 Å². The molecule has 0 saturated carbocycles. The van der Waals surface area contributed by atoms with Crippen molar-refractivity contribution in [3.8, 4) is 0 Å². The predicted octanol–water partition coefficient (Wildman–Crippen LogP) is 1.91. The van der Waals surface area contributed by atoms with Crippen molar-refractivity contribution in [3.05, 3.63) is 23.9 Å². The van der Waals surface area contributed by atoms with Gasteiger partial charge in [0, 0.05) is 45.8 Å². The number of pyridine rings is 1. The summed E-state index contributed by atoms with van der Waals surface area (Å²) in [5.41, 5.74) is 1.17. The van der Waals surface area contributed by atoms with E-state index in [0.29, 0.717) is 0 Å². The van der Waals surface area contributed by atoms with E-state index in [9.17, 15) is 4.79 Å². The number of likely N-dealkylation sites (tertiary alicyclic amines) is 1. The number of nitrogens with zero attached hydrogens (tertiary/aromatic N) is 4. The Hall–Kier alpha value is -1.62. The van der Waals surface area contributed by atoms with Gasteiger partial charge in [0.25, 0.3) is 0 Å². The highest BCUT2D eigenvalue weighted by Crippen LogP contribution is 2.31. The molecule has 3 heterocycles. The maximum Gasteiger partial charge on any atom is 0.219 e. The third-order valence-electron chi connectivity index (χ3n) is 4.89. The highest BCUT2D eigenvalue weighted by Gasteiger charge is 2.26. The summed E-state index contributed by atoms with van der Waals surface area (Å²) in [5, 5.41) is 0. The maximum absolute atomic E-state index is 11.8. The lowest BCUT2D eigenvalue weighted by Gasteiger charge is -2.36. The van der Waals surface area contributed by atoms with Crippen LogP contribution in [0.25, 0.3) is 0 Å². The van der Waals surface area contributed by atoms with E-state index in [1.54, 1.807) is 6.92 Å². The summed E-state index contributed by atoms with van der Waals surface area (Å²) in [6, 6.07) is 4.49.